The number of halogens is 1. The van der Waals surface area contributed by atoms with E-state index in [1.165, 1.54) is 17.7 Å². The second-order valence-corrected chi connectivity index (χ2v) is 6.45. The molecule has 2 nitrogen and oxygen atoms in total. The van der Waals surface area contributed by atoms with Gasteiger partial charge in [0.15, 0.2) is 0 Å². The highest BCUT2D eigenvalue weighted by molar-refractivity contribution is 5.77. The van der Waals surface area contributed by atoms with Crippen molar-refractivity contribution in [2.24, 2.45) is 0 Å². The Morgan fingerprint density at radius 1 is 0.885 bits per heavy atom. The van der Waals surface area contributed by atoms with Crippen LogP contribution >= 0.6 is 0 Å². The molecule has 3 aromatic carbocycles. The van der Waals surface area contributed by atoms with E-state index in [9.17, 15) is 9.18 Å². The van der Waals surface area contributed by atoms with Gasteiger partial charge in [-0.1, -0.05) is 72.3 Å². The molecule has 0 aliphatic heterocycles. The molecule has 1 unspecified atom stereocenters. The molecular weight excluding hydrogens is 325 g/mol. The van der Waals surface area contributed by atoms with Gasteiger partial charge in [-0.25, -0.2) is 4.39 Å². The Morgan fingerprint density at radius 2 is 1.50 bits per heavy atom. The fourth-order valence-corrected chi connectivity index (χ4v) is 2.91. The van der Waals surface area contributed by atoms with Crippen LogP contribution in [0, 0.1) is 12.7 Å². The van der Waals surface area contributed by atoms with Crippen LogP contribution in [0.1, 0.15) is 34.7 Å². The van der Waals surface area contributed by atoms with Crippen LogP contribution in [0.15, 0.2) is 78.9 Å². The highest BCUT2D eigenvalue weighted by atomic mass is 19.1. The average Bonchev–Trinajstić information content (AvgIpc) is 2.67. The molecule has 0 fully saturated rings. The van der Waals surface area contributed by atoms with Gasteiger partial charge in [0.1, 0.15) is 5.82 Å². The van der Waals surface area contributed by atoms with E-state index in [1.54, 1.807) is 12.1 Å². The van der Waals surface area contributed by atoms with Crippen molar-refractivity contribution in [3.8, 4) is 0 Å². The molecule has 0 radical (unpaired) electrons. The predicted octanol–water partition coefficient (Wildman–Crippen LogP) is 4.97. The molecule has 0 heterocycles. The third-order valence-electron chi connectivity index (χ3n) is 4.40. The van der Waals surface area contributed by atoms with Crippen molar-refractivity contribution in [2.75, 3.05) is 0 Å². The van der Waals surface area contributed by atoms with Crippen LogP contribution in [0.3, 0.4) is 0 Å². The van der Waals surface area contributed by atoms with Gasteiger partial charge >= 0.3 is 0 Å². The summed E-state index contributed by atoms with van der Waals surface area (Å²) in [5.74, 6) is -0.287. The van der Waals surface area contributed by atoms with Gasteiger partial charge in [-0.3, -0.25) is 4.79 Å². The number of amides is 1. The van der Waals surface area contributed by atoms with Gasteiger partial charge < -0.3 is 5.32 Å². The summed E-state index contributed by atoms with van der Waals surface area (Å²) < 4.78 is 13.0. The molecule has 1 N–H and O–H groups in total. The smallest absolute Gasteiger partial charge is 0.221 e. The topological polar surface area (TPSA) is 29.1 Å². The maximum atomic E-state index is 13.0. The summed E-state index contributed by atoms with van der Waals surface area (Å²) in [5, 5.41) is 3.14. The lowest BCUT2D eigenvalue weighted by atomic mass is 9.97. The standard InChI is InChI=1S/C23H22FNO/c1-17-7-12-20(13-8-17)23(19-5-3-2-4-6-19)25-22(26)16-11-18-9-14-21(24)15-10-18/h2-10,12-15,23H,11,16H2,1H3,(H,25,26). The second kappa shape index (κ2) is 8.43. The number of nitrogens with one attached hydrogen (secondary N) is 1. The Labute approximate surface area is 153 Å². The summed E-state index contributed by atoms with van der Waals surface area (Å²) in [4.78, 5) is 12.5. The molecular formula is C23H22FNO. The fourth-order valence-electron chi connectivity index (χ4n) is 2.91. The molecule has 1 atom stereocenters. The Balaban J connectivity index is 1.71. The minimum absolute atomic E-state index is 0.0243. The largest absolute Gasteiger partial charge is 0.345 e. The summed E-state index contributed by atoms with van der Waals surface area (Å²) in [5.41, 5.74) is 4.24. The Hall–Kier alpha value is -2.94. The normalized spacial score (nSPS) is 11.8. The minimum atomic E-state index is -0.262. The number of carbonyl (C=O) groups excluding carboxylic acids is 1. The van der Waals surface area contributed by atoms with Crippen molar-refractivity contribution >= 4 is 5.91 Å². The van der Waals surface area contributed by atoms with Gasteiger partial charge in [-0.05, 0) is 42.2 Å². The maximum absolute atomic E-state index is 13.0. The molecule has 3 rings (SSSR count). The number of hydrogen-bond acceptors (Lipinski definition) is 1. The lowest BCUT2D eigenvalue weighted by Gasteiger charge is -2.20. The van der Waals surface area contributed by atoms with Crippen LogP contribution < -0.4 is 5.32 Å². The van der Waals surface area contributed by atoms with E-state index in [4.69, 9.17) is 0 Å². The lowest BCUT2D eigenvalue weighted by molar-refractivity contribution is -0.121. The lowest BCUT2D eigenvalue weighted by Crippen LogP contribution is -2.29. The predicted molar refractivity (Wildman–Crippen MR) is 102 cm³/mol. The van der Waals surface area contributed by atoms with E-state index in [1.807, 2.05) is 49.4 Å². The first-order chi connectivity index (χ1) is 12.6. The molecule has 3 heteroatoms. The van der Waals surface area contributed by atoms with E-state index < -0.39 is 0 Å². The Bertz CT molecular complexity index is 842. The summed E-state index contributed by atoms with van der Waals surface area (Å²) in [7, 11) is 0. The molecule has 26 heavy (non-hydrogen) atoms. The number of carbonyl (C=O) groups is 1. The van der Waals surface area contributed by atoms with Crippen molar-refractivity contribution in [1.29, 1.82) is 0 Å². The van der Waals surface area contributed by atoms with Crippen LogP contribution in [0.4, 0.5) is 4.39 Å². The first kappa shape index (κ1) is 17.9. The van der Waals surface area contributed by atoms with Crippen molar-refractivity contribution in [3.63, 3.8) is 0 Å². The van der Waals surface area contributed by atoms with Gasteiger partial charge in [0, 0.05) is 6.42 Å². The summed E-state index contributed by atoms with van der Waals surface area (Å²) in [6.45, 7) is 2.04. The zero-order chi connectivity index (χ0) is 18.4. The van der Waals surface area contributed by atoms with E-state index in [2.05, 4.69) is 17.4 Å². The fraction of sp³-hybridized carbons (Fsp3) is 0.174. The molecule has 0 saturated carbocycles. The average molecular weight is 347 g/mol. The second-order valence-electron chi connectivity index (χ2n) is 6.45. The molecule has 0 aliphatic carbocycles. The van der Waals surface area contributed by atoms with E-state index in [-0.39, 0.29) is 17.8 Å². The van der Waals surface area contributed by atoms with Crippen molar-refractivity contribution < 1.29 is 9.18 Å². The molecule has 0 spiro atoms. The van der Waals surface area contributed by atoms with E-state index >= 15 is 0 Å². The first-order valence-corrected chi connectivity index (χ1v) is 8.77. The number of hydrogen-bond donors (Lipinski definition) is 1. The third kappa shape index (κ3) is 4.79. The van der Waals surface area contributed by atoms with Crippen LogP contribution in [-0.2, 0) is 11.2 Å². The van der Waals surface area contributed by atoms with Gasteiger partial charge in [0.2, 0.25) is 5.91 Å². The Morgan fingerprint density at radius 3 is 2.15 bits per heavy atom. The van der Waals surface area contributed by atoms with E-state index in [0.717, 1.165) is 16.7 Å². The molecule has 0 aliphatic rings. The zero-order valence-corrected chi connectivity index (χ0v) is 14.8. The van der Waals surface area contributed by atoms with Crippen molar-refractivity contribution in [1.82, 2.24) is 5.32 Å². The monoisotopic (exact) mass is 347 g/mol. The van der Waals surface area contributed by atoms with E-state index in [0.29, 0.717) is 12.8 Å². The maximum Gasteiger partial charge on any atom is 0.221 e. The third-order valence-corrected chi connectivity index (χ3v) is 4.40. The quantitative estimate of drug-likeness (QED) is 0.670. The Kier molecular flexibility index (Phi) is 5.80. The number of benzene rings is 3. The first-order valence-electron chi connectivity index (χ1n) is 8.77. The molecule has 1 amide bonds. The molecule has 0 saturated heterocycles. The van der Waals surface area contributed by atoms with Gasteiger partial charge in [-0.15, -0.1) is 0 Å². The molecule has 3 aromatic rings. The van der Waals surface area contributed by atoms with Gasteiger partial charge in [0.25, 0.3) is 0 Å². The number of rotatable bonds is 6. The SMILES string of the molecule is Cc1ccc(C(NC(=O)CCc2ccc(F)cc2)c2ccccc2)cc1. The van der Waals surface area contributed by atoms with Crippen molar-refractivity contribution in [2.45, 2.75) is 25.8 Å². The summed E-state index contributed by atoms with van der Waals surface area (Å²) >= 11 is 0. The number of aryl methyl sites for hydroxylation is 2. The van der Waals surface area contributed by atoms with Crippen LogP contribution in [0.2, 0.25) is 0 Å². The summed E-state index contributed by atoms with van der Waals surface area (Å²) in [6, 6.07) is 24.3. The van der Waals surface area contributed by atoms with Crippen molar-refractivity contribution in [3.05, 3.63) is 107 Å². The van der Waals surface area contributed by atoms with Gasteiger partial charge in [0.05, 0.1) is 6.04 Å². The van der Waals surface area contributed by atoms with Crippen LogP contribution in [0.25, 0.3) is 0 Å². The zero-order valence-electron chi connectivity index (χ0n) is 14.8. The molecule has 132 valence electrons. The highest BCUT2D eigenvalue weighted by Crippen LogP contribution is 2.22. The summed E-state index contributed by atoms with van der Waals surface area (Å²) in [6.07, 6.45) is 0.947. The van der Waals surface area contributed by atoms with Gasteiger partial charge in [-0.2, -0.15) is 0 Å². The highest BCUT2D eigenvalue weighted by Gasteiger charge is 2.16. The minimum Gasteiger partial charge on any atom is -0.345 e. The molecule has 0 aromatic heterocycles. The van der Waals surface area contributed by atoms with Crippen LogP contribution in [0.5, 0.6) is 0 Å². The molecule has 0 bridgehead atoms. The van der Waals surface area contributed by atoms with Crippen LogP contribution in [-0.4, -0.2) is 5.91 Å².